The van der Waals surface area contributed by atoms with Gasteiger partial charge in [0, 0.05) is 17.3 Å². The van der Waals surface area contributed by atoms with E-state index in [4.69, 9.17) is 0 Å². The lowest BCUT2D eigenvalue weighted by atomic mass is 10.1. The maximum Gasteiger partial charge on any atom is 0.255 e. The number of hydrogen-bond acceptors (Lipinski definition) is 3. The zero-order valence-electron chi connectivity index (χ0n) is 14.2. The Balaban J connectivity index is 1.72. The van der Waals surface area contributed by atoms with Gasteiger partial charge >= 0.3 is 0 Å². The van der Waals surface area contributed by atoms with E-state index in [1.165, 1.54) is 17.7 Å². The van der Waals surface area contributed by atoms with Gasteiger partial charge in [0.1, 0.15) is 0 Å². The highest BCUT2D eigenvalue weighted by Gasteiger charge is 2.28. The number of hydrogen-bond donors (Lipinski definition) is 2. The highest BCUT2D eigenvalue weighted by molar-refractivity contribution is 7.89. The Morgan fingerprint density at radius 1 is 1.12 bits per heavy atom. The van der Waals surface area contributed by atoms with Crippen LogP contribution in [-0.4, -0.2) is 20.4 Å². The van der Waals surface area contributed by atoms with Crippen LogP contribution in [0.1, 0.15) is 42.1 Å². The molecule has 2 aromatic carbocycles. The molecule has 0 unspecified atom stereocenters. The molecule has 0 radical (unpaired) electrons. The number of benzene rings is 2. The van der Waals surface area contributed by atoms with Crippen LogP contribution in [0.5, 0.6) is 0 Å². The topological polar surface area (TPSA) is 75.3 Å². The number of amides is 1. The van der Waals surface area contributed by atoms with Crippen LogP contribution in [0.15, 0.2) is 53.4 Å². The Kier molecular flexibility index (Phi) is 5.20. The van der Waals surface area contributed by atoms with Gasteiger partial charge in [-0.05, 0) is 55.2 Å². The van der Waals surface area contributed by atoms with Crippen molar-refractivity contribution >= 4 is 21.6 Å². The van der Waals surface area contributed by atoms with Gasteiger partial charge in [0.15, 0.2) is 0 Å². The summed E-state index contributed by atoms with van der Waals surface area (Å²) < 4.78 is 27.2. The van der Waals surface area contributed by atoms with Crippen LogP contribution < -0.4 is 10.0 Å². The van der Waals surface area contributed by atoms with E-state index >= 15 is 0 Å². The molecule has 1 saturated carbocycles. The van der Waals surface area contributed by atoms with Gasteiger partial charge in [0.05, 0.1) is 4.90 Å². The molecule has 1 aliphatic carbocycles. The second-order valence-electron chi connectivity index (χ2n) is 6.32. The van der Waals surface area contributed by atoms with Crippen LogP contribution in [0.4, 0.5) is 5.69 Å². The molecule has 132 valence electrons. The molecule has 1 aliphatic rings. The Morgan fingerprint density at radius 2 is 1.84 bits per heavy atom. The van der Waals surface area contributed by atoms with E-state index in [9.17, 15) is 13.2 Å². The fourth-order valence-electron chi connectivity index (χ4n) is 2.54. The third kappa shape index (κ3) is 4.67. The van der Waals surface area contributed by atoms with Gasteiger partial charge in [-0.2, -0.15) is 0 Å². The molecule has 6 heteroatoms. The molecule has 5 nitrogen and oxygen atoms in total. The number of aryl methyl sites for hydroxylation is 1. The van der Waals surface area contributed by atoms with E-state index in [1.807, 2.05) is 24.3 Å². The number of nitrogens with one attached hydrogen (secondary N) is 2. The summed E-state index contributed by atoms with van der Waals surface area (Å²) in [5.74, 6) is -0.327. The standard InChI is InChI=1S/C19H22N2O3S/c1-2-4-14-7-9-16(10-8-14)20-19(22)15-5-3-6-18(13-15)25(23,24)21-17-11-12-17/h3,5-10,13,17,21H,2,4,11-12H2,1H3,(H,20,22). The molecule has 0 spiro atoms. The predicted molar refractivity (Wildman–Crippen MR) is 98.2 cm³/mol. The molecule has 1 amide bonds. The largest absolute Gasteiger partial charge is 0.322 e. The van der Waals surface area contributed by atoms with E-state index < -0.39 is 10.0 Å². The Hall–Kier alpha value is -2.18. The molecule has 2 N–H and O–H groups in total. The summed E-state index contributed by atoms with van der Waals surface area (Å²) in [6.07, 6.45) is 3.81. The third-order valence-electron chi connectivity index (χ3n) is 4.06. The van der Waals surface area contributed by atoms with Crippen molar-refractivity contribution in [3.63, 3.8) is 0 Å². The van der Waals surface area contributed by atoms with E-state index in [1.54, 1.807) is 12.1 Å². The number of rotatable bonds is 7. The average molecular weight is 358 g/mol. The maximum absolute atomic E-state index is 12.4. The minimum atomic E-state index is -3.57. The van der Waals surface area contributed by atoms with Crippen LogP contribution in [0.2, 0.25) is 0 Å². The highest BCUT2D eigenvalue weighted by atomic mass is 32.2. The molecule has 0 atom stereocenters. The molecule has 25 heavy (non-hydrogen) atoms. The number of sulfonamides is 1. The molecular weight excluding hydrogens is 336 g/mol. The first-order chi connectivity index (χ1) is 12.0. The van der Waals surface area contributed by atoms with Crippen LogP contribution in [-0.2, 0) is 16.4 Å². The summed E-state index contributed by atoms with van der Waals surface area (Å²) in [5, 5.41) is 2.81. The first-order valence-electron chi connectivity index (χ1n) is 8.50. The van der Waals surface area contributed by atoms with Crippen molar-refractivity contribution in [2.45, 2.75) is 43.5 Å². The SMILES string of the molecule is CCCc1ccc(NC(=O)c2cccc(S(=O)(=O)NC3CC3)c2)cc1. The summed E-state index contributed by atoms with van der Waals surface area (Å²) in [7, 11) is -3.57. The van der Waals surface area contributed by atoms with E-state index in [2.05, 4.69) is 17.0 Å². The molecule has 0 saturated heterocycles. The second kappa shape index (κ2) is 7.37. The van der Waals surface area contributed by atoms with Crippen molar-refractivity contribution in [1.82, 2.24) is 4.72 Å². The van der Waals surface area contributed by atoms with Gasteiger partial charge < -0.3 is 5.32 Å². The van der Waals surface area contributed by atoms with E-state index in [-0.39, 0.29) is 16.8 Å². The molecule has 0 aliphatic heterocycles. The summed E-state index contributed by atoms with van der Waals surface area (Å²) in [6.45, 7) is 2.12. The number of anilines is 1. The normalized spacial score (nSPS) is 14.3. The monoisotopic (exact) mass is 358 g/mol. The van der Waals surface area contributed by atoms with Gasteiger partial charge in [-0.3, -0.25) is 4.79 Å². The Morgan fingerprint density at radius 3 is 2.48 bits per heavy atom. The molecule has 0 heterocycles. The van der Waals surface area contributed by atoms with Crippen molar-refractivity contribution < 1.29 is 13.2 Å². The first-order valence-corrected chi connectivity index (χ1v) is 9.99. The zero-order valence-corrected chi connectivity index (χ0v) is 15.0. The summed E-state index contributed by atoms with van der Waals surface area (Å²) in [4.78, 5) is 12.5. The molecule has 3 rings (SSSR count). The fraction of sp³-hybridized carbons (Fsp3) is 0.316. The lowest BCUT2D eigenvalue weighted by Gasteiger charge is -2.09. The Labute approximate surface area is 148 Å². The second-order valence-corrected chi connectivity index (χ2v) is 8.04. The third-order valence-corrected chi connectivity index (χ3v) is 5.57. The molecule has 2 aromatic rings. The van der Waals surface area contributed by atoms with Crippen molar-refractivity contribution in [2.24, 2.45) is 0 Å². The van der Waals surface area contributed by atoms with Crippen molar-refractivity contribution in [1.29, 1.82) is 0 Å². The quantitative estimate of drug-likeness (QED) is 0.797. The number of carbonyl (C=O) groups excluding carboxylic acids is 1. The minimum Gasteiger partial charge on any atom is -0.322 e. The van der Waals surface area contributed by atoms with Crippen LogP contribution >= 0.6 is 0 Å². The van der Waals surface area contributed by atoms with Gasteiger partial charge in [-0.15, -0.1) is 0 Å². The predicted octanol–water partition coefficient (Wildman–Crippen LogP) is 3.33. The summed E-state index contributed by atoms with van der Waals surface area (Å²) >= 11 is 0. The molecule has 0 aromatic heterocycles. The highest BCUT2D eigenvalue weighted by Crippen LogP contribution is 2.22. The fourth-order valence-corrected chi connectivity index (χ4v) is 3.89. The van der Waals surface area contributed by atoms with Gasteiger partial charge in [-0.25, -0.2) is 13.1 Å². The van der Waals surface area contributed by atoms with Crippen molar-refractivity contribution in [2.75, 3.05) is 5.32 Å². The van der Waals surface area contributed by atoms with Crippen molar-refractivity contribution in [3.8, 4) is 0 Å². The van der Waals surface area contributed by atoms with E-state index in [0.29, 0.717) is 11.3 Å². The van der Waals surface area contributed by atoms with Gasteiger partial charge in [-0.1, -0.05) is 31.5 Å². The number of carbonyl (C=O) groups is 1. The summed E-state index contributed by atoms with van der Waals surface area (Å²) in [5.41, 5.74) is 2.23. The minimum absolute atomic E-state index is 0.0316. The van der Waals surface area contributed by atoms with E-state index in [0.717, 1.165) is 25.7 Å². The maximum atomic E-state index is 12.4. The van der Waals surface area contributed by atoms with Gasteiger partial charge in [0.25, 0.3) is 5.91 Å². The van der Waals surface area contributed by atoms with Crippen molar-refractivity contribution in [3.05, 3.63) is 59.7 Å². The Bertz CT molecular complexity index is 856. The first kappa shape index (κ1) is 17.6. The van der Waals surface area contributed by atoms with Gasteiger partial charge in [0.2, 0.25) is 10.0 Å². The van der Waals surface area contributed by atoms with Crippen LogP contribution in [0.25, 0.3) is 0 Å². The average Bonchev–Trinajstić information content (AvgIpc) is 3.40. The molecule has 0 bridgehead atoms. The molecule has 1 fully saturated rings. The lowest BCUT2D eigenvalue weighted by molar-refractivity contribution is 0.102. The molecular formula is C19H22N2O3S. The van der Waals surface area contributed by atoms with Crippen LogP contribution in [0.3, 0.4) is 0 Å². The smallest absolute Gasteiger partial charge is 0.255 e. The summed E-state index contributed by atoms with van der Waals surface area (Å²) in [6, 6.07) is 13.8. The lowest BCUT2D eigenvalue weighted by Crippen LogP contribution is -2.26. The zero-order chi connectivity index (χ0) is 17.9. The van der Waals surface area contributed by atoms with Crippen LogP contribution in [0, 0.1) is 0 Å².